The molecule has 1 aromatic rings. The van der Waals surface area contributed by atoms with E-state index in [1.807, 2.05) is 43.0 Å². The van der Waals surface area contributed by atoms with Gasteiger partial charge in [0, 0.05) is 18.3 Å². The number of rotatable bonds is 6. The summed E-state index contributed by atoms with van der Waals surface area (Å²) in [7, 11) is 0. The van der Waals surface area contributed by atoms with E-state index in [0.717, 1.165) is 24.6 Å². The van der Waals surface area contributed by atoms with Crippen molar-refractivity contribution in [1.29, 1.82) is 0 Å². The quantitative estimate of drug-likeness (QED) is 0.355. The maximum absolute atomic E-state index is 10.2. The van der Waals surface area contributed by atoms with Crippen LogP contribution in [0.2, 0.25) is 0 Å². The highest BCUT2D eigenvalue weighted by molar-refractivity contribution is 14.0. The highest BCUT2D eigenvalue weighted by Crippen LogP contribution is 2.25. The van der Waals surface area contributed by atoms with Crippen molar-refractivity contribution in [1.82, 2.24) is 10.6 Å². The van der Waals surface area contributed by atoms with E-state index in [9.17, 15) is 5.11 Å². The van der Waals surface area contributed by atoms with Crippen molar-refractivity contribution in [3.8, 4) is 0 Å². The minimum absolute atomic E-state index is 0. The van der Waals surface area contributed by atoms with E-state index in [2.05, 4.69) is 22.5 Å². The van der Waals surface area contributed by atoms with Crippen molar-refractivity contribution in [2.75, 3.05) is 25.4 Å². The topological polar surface area (TPSA) is 56.7 Å². The van der Waals surface area contributed by atoms with Gasteiger partial charge in [-0.15, -0.1) is 24.0 Å². The Bertz CT molecular complexity index is 475. The lowest BCUT2D eigenvalue weighted by Crippen LogP contribution is -2.40. The molecule has 1 aliphatic rings. The summed E-state index contributed by atoms with van der Waals surface area (Å²) in [6.07, 6.45) is 2.04. The van der Waals surface area contributed by atoms with Gasteiger partial charge in [0.2, 0.25) is 0 Å². The summed E-state index contributed by atoms with van der Waals surface area (Å²) in [5, 5.41) is 17.6. The molecule has 1 aromatic carbocycles. The van der Waals surface area contributed by atoms with E-state index in [0.29, 0.717) is 11.8 Å². The van der Waals surface area contributed by atoms with Crippen LogP contribution in [0, 0.1) is 6.92 Å². The van der Waals surface area contributed by atoms with Crippen LogP contribution >= 0.6 is 35.7 Å². The van der Waals surface area contributed by atoms with Crippen LogP contribution in [0.25, 0.3) is 0 Å². The predicted octanol–water partition coefficient (Wildman–Crippen LogP) is 3.10. The van der Waals surface area contributed by atoms with Gasteiger partial charge in [-0.05, 0) is 38.0 Å². The second-order valence-electron chi connectivity index (χ2n) is 5.66. The van der Waals surface area contributed by atoms with E-state index < -0.39 is 6.10 Å². The van der Waals surface area contributed by atoms with Crippen LogP contribution in [-0.2, 0) is 0 Å². The second-order valence-corrected chi connectivity index (χ2v) is 7.07. The monoisotopic (exact) mass is 449 g/mol. The Morgan fingerprint density at radius 3 is 2.70 bits per heavy atom. The largest absolute Gasteiger partial charge is 0.386 e. The molecule has 2 atom stereocenters. The summed E-state index contributed by atoms with van der Waals surface area (Å²) < 4.78 is 0. The summed E-state index contributed by atoms with van der Waals surface area (Å²) in [6, 6.07) is 7.96. The molecule has 3 N–H and O–H groups in total. The van der Waals surface area contributed by atoms with Gasteiger partial charge in [0.25, 0.3) is 0 Å². The molecule has 2 unspecified atom stereocenters. The van der Waals surface area contributed by atoms with Crippen LogP contribution in [0.1, 0.15) is 37.0 Å². The summed E-state index contributed by atoms with van der Waals surface area (Å²) >= 11 is 2.03. The number of thioether (sulfide) groups is 1. The molecule has 6 heteroatoms. The first-order chi connectivity index (χ1) is 10.7. The lowest BCUT2D eigenvalue weighted by Gasteiger charge is -2.15. The minimum Gasteiger partial charge on any atom is -0.386 e. The van der Waals surface area contributed by atoms with E-state index >= 15 is 0 Å². The van der Waals surface area contributed by atoms with E-state index in [1.165, 1.54) is 24.2 Å². The van der Waals surface area contributed by atoms with Crippen molar-refractivity contribution in [2.45, 2.75) is 38.0 Å². The molecule has 1 heterocycles. The number of aliphatic hydroxyl groups is 1. The Labute approximate surface area is 160 Å². The fraction of sp³-hybridized carbons (Fsp3) is 0.588. The first-order valence-corrected chi connectivity index (χ1v) is 9.12. The average Bonchev–Trinajstić information content (AvgIpc) is 3.04. The van der Waals surface area contributed by atoms with Crippen LogP contribution in [-0.4, -0.2) is 41.7 Å². The van der Waals surface area contributed by atoms with E-state index in [4.69, 9.17) is 0 Å². The molecule has 1 aliphatic heterocycles. The normalized spacial score (nSPS) is 19.1. The first-order valence-electron chi connectivity index (χ1n) is 8.07. The number of benzene rings is 1. The molecular formula is C17H28IN3OS. The third kappa shape index (κ3) is 7.30. The Morgan fingerprint density at radius 2 is 2.09 bits per heavy atom. The van der Waals surface area contributed by atoms with Crippen molar-refractivity contribution < 1.29 is 5.11 Å². The number of aliphatic imine (C=N–C) groups is 1. The van der Waals surface area contributed by atoms with Gasteiger partial charge >= 0.3 is 0 Å². The fourth-order valence-corrected chi connectivity index (χ4v) is 3.63. The van der Waals surface area contributed by atoms with Crippen LogP contribution in [0.15, 0.2) is 29.3 Å². The van der Waals surface area contributed by atoms with Crippen molar-refractivity contribution >= 4 is 41.7 Å². The molecule has 0 amide bonds. The summed E-state index contributed by atoms with van der Waals surface area (Å²) in [4.78, 5) is 4.51. The molecule has 0 saturated carbocycles. The molecule has 0 bridgehead atoms. The second kappa shape index (κ2) is 11.1. The zero-order chi connectivity index (χ0) is 15.8. The highest BCUT2D eigenvalue weighted by Gasteiger charge is 2.15. The molecule has 23 heavy (non-hydrogen) atoms. The van der Waals surface area contributed by atoms with Crippen molar-refractivity contribution in [3.63, 3.8) is 0 Å². The standard InChI is InChI=1S/C17H27N3OS.HI/c1-3-18-17(19-11-15-5-4-10-22-15)20-12-16(21)14-8-6-13(2)7-9-14;/h6-9,15-16,21H,3-5,10-12H2,1-2H3,(H2,18,19,20);1H. The maximum Gasteiger partial charge on any atom is 0.191 e. The Kier molecular flexibility index (Phi) is 9.97. The van der Waals surface area contributed by atoms with Crippen molar-refractivity contribution in [3.05, 3.63) is 35.4 Å². The lowest BCUT2D eigenvalue weighted by atomic mass is 10.1. The molecule has 4 nitrogen and oxygen atoms in total. The van der Waals surface area contributed by atoms with Gasteiger partial charge in [0.15, 0.2) is 5.96 Å². The van der Waals surface area contributed by atoms with Gasteiger partial charge in [-0.25, -0.2) is 0 Å². The number of hydrogen-bond acceptors (Lipinski definition) is 3. The summed E-state index contributed by atoms with van der Waals surface area (Å²) in [5.41, 5.74) is 2.11. The van der Waals surface area contributed by atoms with Gasteiger partial charge in [0.05, 0.1) is 12.6 Å². The number of nitrogens with zero attached hydrogens (tertiary/aromatic N) is 1. The van der Waals surface area contributed by atoms with Crippen LogP contribution in [0.4, 0.5) is 0 Å². The first kappa shape index (κ1) is 20.6. The van der Waals surface area contributed by atoms with Gasteiger partial charge in [0.1, 0.15) is 0 Å². The molecule has 1 fully saturated rings. The maximum atomic E-state index is 10.2. The molecule has 2 rings (SSSR count). The molecule has 0 spiro atoms. The number of nitrogens with one attached hydrogen (secondary N) is 2. The van der Waals surface area contributed by atoms with Gasteiger partial charge in [-0.2, -0.15) is 11.8 Å². The minimum atomic E-state index is -0.558. The lowest BCUT2D eigenvalue weighted by molar-refractivity contribution is 0.187. The van der Waals surface area contributed by atoms with Gasteiger partial charge < -0.3 is 15.7 Å². The Balaban J connectivity index is 0.00000264. The zero-order valence-electron chi connectivity index (χ0n) is 13.9. The third-order valence-corrected chi connectivity index (χ3v) is 5.15. The summed E-state index contributed by atoms with van der Waals surface area (Å²) in [5.74, 6) is 2.06. The Morgan fingerprint density at radius 1 is 1.35 bits per heavy atom. The fourth-order valence-electron chi connectivity index (χ4n) is 2.43. The van der Waals surface area contributed by atoms with Crippen LogP contribution < -0.4 is 10.6 Å². The molecule has 0 aromatic heterocycles. The molecule has 0 radical (unpaired) electrons. The number of aryl methyl sites for hydroxylation is 1. The number of halogens is 1. The Hall–Kier alpha value is -0.470. The molecule has 1 saturated heterocycles. The van der Waals surface area contributed by atoms with Crippen LogP contribution in [0.3, 0.4) is 0 Å². The van der Waals surface area contributed by atoms with Gasteiger partial charge in [-0.1, -0.05) is 29.8 Å². The summed E-state index contributed by atoms with van der Waals surface area (Å²) in [6.45, 7) is 6.23. The number of guanidine groups is 1. The van der Waals surface area contributed by atoms with Crippen molar-refractivity contribution in [2.24, 2.45) is 4.99 Å². The molecule has 0 aliphatic carbocycles. The SMILES string of the molecule is CCNC(=NCC(O)c1ccc(C)cc1)NCC1CCCS1.I. The predicted molar refractivity (Wildman–Crippen MR) is 111 cm³/mol. The average molecular weight is 449 g/mol. The van der Waals surface area contributed by atoms with Gasteiger partial charge in [-0.3, -0.25) is 4.99 Å². The smallest absolute Gasteiger partial charge is 0.191 e. The van der Waals surface area contributed by atoms with E-state index in [-0.39, 0.29) is 24.0 Å². The number of hydrogen-bond donors (Lipinski definition) is 3. The molecule has 130 valence electrons. The zero-order valence-corrected chi connectivity index (χ0v) is 17.1. The van der Waals surface area contributed by atoms with E-state index in [1.54, 1.807) is 0 Å². The van der Waals surface area contributed by atoms with Crippen LogP contribution in [0.5, 0.6) is 0 Å². The third-order valence-electron chi connectivity index (χ3n) is 3.75. The highest BCUT2D eigenvalue weighted by atomic mass is 127. The molecular weight excluding hydrogens is 421 g/mol. The number of aliphatic hydroxyl groups excluding tert-OH is 1.